The molecule has 0 fully saturated rings. The summed E-state index contributed by atoms with van der Waals surface area (Å²) in [5.41, 5.74) is 1.74. The molecule has 2 aromatic rings. The van der Waals surface area contributed by atoms with E-state index in [0.717, 1.165) is 0 Å². The van der Waals surface area contributed by atoms with Crippen molar-refractivity contribution in [2.45, 2.75) is 40.0 Å². The average Bonchev–Trinajstić information content (AvgIpc) is 2.93. The third kappa shape index (κ3) is 16.1. The summed E-state index contributed by atoms with van der Waals surface area (Å²) in [7, 11) is 0. The van der Waals surface area contributed by atoms with Gasteiger partial charge in [-0.05, 0) is 0 Å². The Morgan fingerprint density at radius 2 is 1.40 bits per heavy atom. The van der Waals surface area contributed by atoms with E-state index in [9.17, 15) is 0 Å². The molecule has 0 nitrogen and oxygen atoms in total. The molecular formula is C17H24Cl2Zr-2. The molecule has 112 valence electrons. The maximum atomic E-state index is 2.22. The summed E-state index contributed by atoms with van der Waals surface area (Å²) in [6.07, 6.45) is 0. The topological polar surface area (TPSA) is 0 Å². The van der Waals surface area contributed by atoms with Gasteiger partial charge >= 0.3 is 41.3 Å². The molecule has 20 heavy (non-hydrogen) atoms. The second-order valence-electron chi connectivity index (χ2n) is 5.39. The van der Waals surface area contributed by atoms with Crippen LogP contribution in [0, 0.1) is 0 Å². The molecule has 0 aromatic heterocycles. The number of hydrogen-bond donors (Lipinski definition) is 0. The van der Waals surface area contributed by atoms with Crippen LogP contribution >= 0.6 is 0 Å². The van der Waals surface area contributed by atoms with Crippen molar-refractivity contribution in [2.24, 2.45) is 0 Å². The first-order chi connectivity index (χ1) is 8.34. The van der Waals surface area contributed by atoms with E-state index in [1.807, 2.05) is 30.3 Å². The summed E-state index contributed by atoms with van der Waals surface area (Å²) in [6.45, 7) is 10.9. The molecule has 3 heteroatoms. The van der Waals surface area contributed by atoms with Crippen LogP contribution in [-0.4, -0.2) is 3.21 Å². The van der Waals surface area contributed by atoms with Crippen LogP contribution in [-0.2, 0) is 29.7 Å². The smallest absolute Gasteiger partial charge is 0.172 e. The van der Waals surface area contributed by atoms with Gasteiger partial charge in [-0.1, -0.05) is 26.2 Å². The molecule has 0 amide bonds. The van der Waals surface area contributed by atoms with Crippen LogP contribution in [0.25, 0.3) is 0 Å². The van der Waals surface area contributed by atoms with Crippen molar-refractivity contribution < 1.29 is 49.0 Å². The Hall–Kier alpha value is 0.0331. The molecule has 0 atom stereocenters. The van der Waals surface area contributed by atoms with Crippen molar-refractivity contribution in [1.29, 1.82) is 0 Å². The van der Waals surface area contributed by atoms with E-state index in [-0.39, 0.29) is 24.8 Å². The van der Waals surface area contributed by atoms with Crippen molar-refractivity contribution in [2.75, 3.05) is 0 Å². The van der Waals surface area contributed by atoms with E-state index in [2.05, 4.69) is 58.9 Å². The van der Waals surface area contributed by atoms with Gasteiger partial charge in [0.05, 0.1) is 0 Å². The SMILES string of the molecule is CC(C)(C)c1cc[cH-]c1.C[C](C)=[Zr+2].[Cl-].[Cl-].c1cc[cH-]c1. The molecule has 0 heterocycles. The molecule has 0 aliphatic carbocycles. The molecule has 0 spiro atoms. The van der Waals surface area contributed by atoms with Crippen molar-refractivity contribution in [1.82, 2.24) is 0 Å². The van der Waals surface area contributed by atoms with Crippen molar-refractivity contribution >= 4 is 3.21 Å². The standard InChI is InChI=1S/C9H13.C5H5.C3H6.2ClH.Zr/c1-9(2,3)8-6-4-5-7-8;1-2-4-5-3-1;1-3-2;;;/h4-7H,1-3H3;1-5H;1-2H3;2*1H;/q2*-1;;;;+2/p-2. The summed E-state index contributed by atoms with van der Waals surface area (Å²) in [6, 6.07) is 18.5. The molecule has 0 unspecified atom stereocenters. The van der Waals surface area contributed by atoms with Gasteiger partial charge in [-0.25, -0.2) is 18.2 Å². The van der Waals surface area contributed by atoms with Gasteiger partial charge in [0.25, 0.3) is 0 Å². The monoisotopic (exact) mass is 388 g/mol. The Morgan fingerprint density at radius 1 is 0.950 bits per heavy atom. The average molecular weight is 391 g/mol. The Morgan fingerprint density at radius 3 is 1.55 bits per heavy atom. The van der Waals surface area contributed by atoms with Gasteiger partial charge in [0.2, 0.25) is 0 Å². The summed E-state index contributed by atoms with van der Waals surface area (Å²) < 4.78 is 1.51. The van der Waals surface area contributed by atoms with Crippen molar-refractivity contribution in [3.05, 3.63) is 60.2 Å². The van der Waals surface area contributed by atoms with Crippen LogP contribution < -0.4 is 24.8 Å². The van der Waals surface area contributed by atoms with E-state index in [1.54, 1.807) is 24.2 Å². The summed E-state index contributed by atoms with van der Waals surface area (Å²) >= 11 is 1.55. The maximum absolute atomic E-state index is 2.22. The van der Waals surface area contributed by atoms with Crippen molar-refractivity contribution in [3.8, 4) is 0 Å². The molecule has 0 saturated heterocycles. The Balaban J connectivity index is -0.000000228. The minimum Gasteiger partial charge on any atom is -1.00 e. The van der Waals surface area contributed by atoms with Gasteiger partial charge in [-0.15, -0.1) is 0 Å². The minimum atomic E-state index is 0. The van der Waals surface area contributed by atoms with Crippen LogP contribution in [0.1, 0.15) is 40.2 Å². The molecule has 0 saturated carbocycles. The van der Waals surface area contributed by atoms with Crippen LogP contribution in [0.4, 0.5) is 0 Å². The zero-order valence-corrected chi connectivity index (χ0v) is 16.9. The fourth-order valence-electron chi connectivity index (χ4n) is 1.19. The molecular weight excluding hydrogens is 366 g/mol. The third-order valence-electron chi connectivity index (χ3n) is 2.08. The van der Waals surface area contributed by atoms with Crippen LogP contribution in [0.5, 0.6) is 0 Å². The van der Waals surface area contributed by atoms with E-state index in [4.69, 9.17) is 0 Å². The molecule has 2 aromatic carbocycles. The summed E-state index contributed by atoms with van der Waals surface area (Å²) in [5, 5.41) is 0. The third-order valence-corrected chi connectivity index (χ3v) is 2.08. The summed E-state index contributed by atoms with van der Waals surface area (Å²) in [5.74, 6) is 0. The molecule has 0 radical (unpaired) electrons. The molecule has 2 rings (SSSR count). The Labute approximate surface area is 151 Å². The Bertz CT molecular complexity index is 373. The van der Waals surface area contributed by atoms with E-state index < -0.39 is 0 Å². The zero-order chi connectivity index (χ0) is 14.0. The van der Waals surface area contributed by atoms with Gasteiger partial charge in [0.1, 0.15) is 0 Å². The minimum absolute atomic E-state index is 0. The van der Waals surface area contributed by atoms with Crippen LogP contribution in [0.2, 0.25) is 0 Å². The second-order valence-corrected chi connectivity index (χ2v) is 7.84. The van der Waals surface area contributed by atoms with E-state index >= 15 is 0 Å². The predicted molar refractivity (Wildman–Crippen MR) is 79.1 cm³/mol. The Kier molecular flexibility index (Phi) is 17.5. The predicted octanol–water partition coefficient (Wildman–Crippen LogP) is -1.14. The number of hydrogen-bond acceptors (Lipinski definition) is 0. The number of rotatable bonds is 0. The maximum Gasteiger partial charge on any atom is -0.172 e. The normalized spacial score (nSPS) is 8.75. The molecule has 0 bridgehead atoms. The number of halogens is 2. The van der Waals surface area contributed by atoms with Gasteiger partial charge in [0.15, 0.2) is 0 Å². The van der Waals surface area contributed by atoms with Gasteiger partial charge in [-0.3, -0.25) is 0 Å². The van der Waals surface area contributed by atoms with E-state index in [0.29, 0.717) is 5.41 Å². The molecule has 0 aliphatic heterocycles. The zero-order valence-electron chi connectivity index (χ0n) is 13.0. The summed E-state index contributed by atoms with van der Waals surface area (Å²) in [4.78, 5) is 0. The first-order valence-electron chi connectivity index (χ1n) is 6.24. The van der Waals surface area contributed by atoms with E-state index in [1.165, 1.54) is 8.77 Å². The molecule has 0 N–H and O–H groups in total. The first kappa shape index (κ1) is 25.0. The largest absolute Gasteiger partial charge is 1.00 e. The fraction of sp³-hybridized carbons (Fsp3) is 0.353. The molecule has 0 aliphatic rings. The van der Waals surface area contributed by atoms with Crippen LogP contribution in [0.15, 0.2) is 54.6 Å². The van der Waals surface area contributed by atoms with Crippen LogP contribution in [0.3, 0.4) is 0 Å². The van der Waals surface area contributed by atoms with Gasteiger partial charge in [-0.2, -0.15) is 42.0 Å². The second kappa shape index (κ2) is 14.0. The van der Waals surface area contributed by atoms with Crippen molar-refractivity contribution in [3.63, 3.8) is 0 Å². The first-order valence-corrected chi connectivity index (χ1v) is 7.47. The quantitative estimate of drug-likeness (QED) is 0.499. The van der Waals surface area contributed by atoms with Gasteiger partial charge < -0.3 is 24.8 Å². The van der Waals surface area contributed by atoms with Gasteiger partial charge in [0, 0.05) is 0 Å². The fourth-order valence-corrected chi connectivity index (χ4v) is 1.19.